The van der Waals surface area contributed by atoms with Crippen molar-refractivity contribution < 1.29 is 14.3 Å². The van der Waals surface area contributed by atoms with Crippen molar-refractivity contribution in [3.05, 3.63) is 0 Å². The smallest absolute Gasteiger partial charge is 0.325 e. The van der Waals surface area contributed by atoms with Crippen LogP contribution in [0.4, 0.5) is 0 Å². The maximum Gasteiger partial charge on any atom is 0.325 e. The van der Waals surface area contributed by atoms with Gasteiger partial charge in [0, 0.05) is 25.8 Å². The van der Waals surface area contributed by atoms with Crippen molar-refractivity contribution in [3.8, 4) is 0 Å². The summed E-state index contributed by atoms with van der Waals surface area (Å²) in [7, 11) is 0. The lowest BCUT2D eigenvalue weighted by Gasteiger charge is -2.32. The van der Waals surface area contributed by atoms with E-state index in [-0.39, 0.29) is 24.0 Å². The molecule has 0 aliphatic carbocycles. The highest BCUT2D eigenvalue weighted by Gasteiger charge is 2.58. The van der Waals surface area contributed by atoms with Gasteiger partial charge in [-0.3, -0.25) is 9.59 Å². The van der Waals surface area contributed by atoms with Gasteiger partial charge >= 0.3 is 5.97 Å². The molecule has 1 amide bonds. The molecule has 3 saturated heterocycles. The zero-order valence-corrected chi connectivity index (χ0v) is 9.83. The Hall–Kier alpha value is -0.580. The van der Waals surface area contributed by atoms with Crippen molar-refractivity contribution in [2.45, 2.75) is 42.2 Å². The number of carbonyl (C=O) groups is 2. The van der Waals surface area contributed by atoms with Crippen molar-refractivity contribution >= 4 is 27.8 Å². The van der Waals surface area contributed by atoms with E-state index in [1.807, 2.05) is 4.90 Å². The standard InChI is InChI=1S/C10H12BrNO3/c11-10-5-6(15-9(10)14)3-4-12-7(10)1-2-8(12)13/h6-7H,1-5H2. The number of halogens is 1. The number of carbonyl (C=O) groups excluding carboxylic acids is 2. The second-order valence-electron chi connectivity index (χ2n) is 4.52. The Labute approximate surface area is 96.1 Å². The van der Waals surface area contributed by atoms with E-state index in [1.54, 1.807) is 0 Å². The number of fused-ring (bicyclic) bond motifs is 4. The third-order valence-electron chi connectivity index (χ3n) is 3.69. The fourth-order valence-corrected chi connectivity index (χ4v) is 3.84. The first-order valence-electron chi connectivity index (χ1n) is 5.31. The van der Waals surface area contributed by atoms with Crippen LogP contribution < -0.4 is 0 Å². The third-order valence-corrected chi connectivity index (χ3v) is 4.86. The molecule has 5 heteroatoms. The molecule has 0 spiro atoms. The Balaban J connectivity index is 2.00. The normalized spacial score (nSPS) is 43.9. The summed E-state index contributed by atoms with van der Waals surface area (Å²) in [5.41, 5.74) is 0. The van der Waals surface area contributed by atoms with Crippen molar-refractivity contribution in [2.24, 2.45) is 0 Å². The van der Waals surface area contributed by atoms with Crippen LogP contribution in [0.3, 0.4) is 0 Å². The number of hydrogen-bond acceptors (Lipinski definition) is 3. The van der Waals surface area contributed by atoms with E-state index in [0.29, 0.717) is 12.8 Å². The van der Waals surface area contributed by atoms with E-state index >= 15 is 0 Å². The molecular weight excluding hydrogens is 262 g/mol. The second kappa shape index (κ2) is 2.97. The monoisotopic (exact) mass is 273 g/mol. The summed E-state index contributed by atoms with van der Waals surface area (Å²) in [6.45, 7) is 0.731. The van der Waals surface area contributed by atoms with Gasteiger partial charge in [0.15, 0.2) is 0 Å². The summed E-state index contributed by atoms with van der Waals surface area (Å²) < 4.78 is 4.66. The molecule has 3 heterocycles. The predicted molar refractivity (Wildman–Crippen MR) is 55.5 cm³/mol. The van der Waals surface area contributed by atoms with Gasteiger partial charge in [-0.15, -0.1) is 0 Å². The van der Waals surface area contributed by atoms with Gasteiger partial charge in [0.25, 0.3) is 0 Å². The van der Waals surface area contributed by atoms with Gasteiger partial charge in [-0.05, 0) is 6.42 Å². The van der Waals surface area contributed by atoms with Crippen molar-refractivity contribution in [1.82, 2.24) is 4.90 Å². The van der Waals surface area contributed by atoms with Gasteiger partial charge in [-0.2, -0.15) is 0 Å². The molecule has 0 N–H and O–H groups in total. The summed E-state index contributed by atoms with van der Waals surface area (Å²) in [5, 5.41) is 0. The highest BCUT2D eigenvalue weighted by Crippen LogP contribution is 2.46. The number of nitrogens with zero attached hydrogens (tertiary/aromatic N) is 1. The molecule has 15 heavy (non-hydrogen) atoms. The van der Waals surface area contributed by atoms with Gasteiger partial charge in [-0.25, -0.2) is 0 Å². The highest BCUT2D eigenvalue weighted by atomic mass is 79.9. The fraction of sp³-hybridized carbons (Fsp3) is 0.800. The molecule has 3 aliphatic rings. The molecule has 3 atom stereocenters. The Bertz CT molecular complexity index is 346. The molecule has 3 aliphatic heterocycles. The van der Waals surface area contributed by atoms with E-state index in [0.717, 1.165) is 19.4 Å². The van der Waals surface area contributed by atoms with Gasteiger partial charge in [0.1, 0.15) is 10.4 Å². The van der Waals surface area contributed by atoms with E-state index in [2.05, 4.69) is 15.9 Å². The molecule has 0 aromatic rings. The number of amides is 1. The average Bonchev–Trinajstić information content (AvgIpc) is 2.62. The van der Waals surface area contributed by atoms with Crippen LogP contribution in [0.15, 0.2) is 0 Å². The molecule has 0 aromatic heterocycles. The van der Waals surface area contributed by atoms with Crippen LogP contribution in [-0.4, -0.2) is 39.8 Å². The summed E-state index contributed by atoms with van der Waals surface area (Å²) in [6, 6.07) is 0.00463. The van der Waals surface area contributed by atoms with Crippen molar-refractivity contribution in [2.75, 3.05) is 6.54 Å². The van der Waals surface area contributed by atoms with Crippen molar-refractivity contribution in [1.29, 1.82) is 0 Å². The molecule has 0 radical (unpaired) electrons. The third kappa shape index (κ3) is 1.19. The van der Waals surface area contributed by atoms with Crippen LogP contribution in [0.2, 0.25) is 0 Å². The lowest BCUT2D eigenvalue weighted by Crippen LogP contribution is -2.49. The lowest BCUT2D eigenvalue weighted by atomic mass is 9.95. The summed E-state index contributed by atoms with van der Waals surface area (Å²) in [5.74, 6) is -0.00363. The first-order chi connectivity index (χ1) is 7.11. The minimum absolute atomic E-state index is 0.00438. The summed E-state index contributed by atoms with van der Waals surface area (Å²) >= 11 is 3.52. The molecule has 4 nitrogen and oxygen atoms in total. The predicted octanol–water partition coefficient (Wildman–Crippen LogP) is 0.830. The fourth-order valence-electron chi connectivity index (χ4n) is 2.91. The van der Waals surface area contributed by atoms with Gasteiger partial charge in [0.05, 0.1) is 6.04 Å². The highest BCUT2D eigenvalue weighted by molar-refractivity contribution is 9.10. The summed E-state index contributed by atoms with van der Waals surface area (Å²) in [4.78, 5) is 25.3. The average molecular weight is 274 g/mol. The van der Waals surface area contributed by atoms with Crippen LogP contribution in [0, 0.1) is 0 Å². The van der Waals surface area contributed by atoms with E-state index in [9.17, 15) is 9.59 Å². The van der Waals surface area contributed by atoms with Crippen LogP contribution in [0.5, 0.6) is 0 Å². The number of rotatable bonds is 0. The quantitative estimate of drug-likeness (QED) is 0.485. The maximum atomic E-state index is 11.8. The molecule has 3 rings (SSSR count). The Morgan fingerprint density at radius 3 is 3.00 bits per heavy atom. The van der Waals surface area contributed by atoms with Crippen LogP contribution >= 0.6 is 15.9 Å². The molecular formula is C10H12BrNO3. The maximum absolute atomic E-state index is 11.8. The largest absolute Gasteiger partial charge is 0.461 e. The summed E-state index contributed by atoms with van der Waals surface area (Å²) in [6.07, 6.45) is 2.82. The van der Waals surface area contributed by atoms with E-state index in [4.69, 9.17) is 4.74 Å². The van der Waals surface area contributed by atoms with Crippen LogP contribution in [0.1, 0.15) is 25.7 Å². The topological polar surface area (TPSA) is 46.6 Å². The molecule has 0 aromatic carbocycles. The molecule has 82 valence electrons. The minimum Gasteiger partial charge on any atom is -0.461 e. The first-order valence-corrected chi connectivity index (χ1v) is 6.10. The Morgan fingerprint density at radius 1 is 1.40 bits per heavy atom. The van der Waals surface area contributed by atoms with E-state index in [1.165, 1.54) is 0 Å². The zero-order chi connectivity index (χ0) is 10.6. The van der Waals surface area contributed by atoms with Crippen LogP contribution in [-0.2, 0) is 14.3 Å². The second-order valence-corrected chi connectivity index (χ2v) is 5.94. The Kier molecular flexibility index (Phi) is 1.90. The minimum atomic E-state index is -0.625. The zero-order valence-electron chi connectivity index (χ0n) is 8.24. The number of alkyl halides is 1. The van der Waals surface area contributed by atoms with Gasteiger partial charge in [-0.1, -0.05) is 15.9 Å². The van der Waals surface area contributed by atoms with Gasteiger partial charge < -0.3 is 9.64 Å². The number of ether oxygens (including phenoxy) is 1. The Morgan fingerprint density at radius 2 is 2.20 bits per heavy atom. The molecule has 3 fully saturated rings. The molecule has 3 unspecified atom stereocenters. The van der Waals surface area contributed by atoms with E-state index < -0.39 is 4.32 Å². The van der Waals surface area contributed by atoms with Crippen molar-refractivity contribution in [3.63, 3.8) is 0 Å². The molecule has 0 saturated carbocycles. The first kappa shape index (κ1) is 9.63. The SMILES string of the molecule is O=C1CCC2N1CCC1CC2(Br)C(=O)O1. The van der Waals surface area contributed by atoms with Gasteiger partial charge in [0.2, 0.25) is 5.91 Å². The molecule has 2 bridgehead atoms. The lowest BCUT2D eigenvalue weighted by molar-refractivity contribution is -0.146. The number of esters is 1. The van der Waals surface area contributed by atoms with Crippen LogP contribution in [0.25, 0.3) is 0 Å². The number of hydrogen-bond donors (Lipinski definition) is 0.